The highest BCUT2D eigenvalue weighted by molar-refractivity contribution is 7.99. The molecule has 0 radical (unpaired) electrons. The van der Waals surface area contributed by atoms with E-state index in [9.17, 15) is 0 Å². The van der Waals surface area contributed by atoms with Crippen molar-refractivity contribution in [1.29, 1.82) is 0 Å². The summed E-state index contributed by atoms with van der Waals surface area (Å²) < 4.78 is 0. The third-order valence-electron chi connectivity index (χ3n) is 4.02. The Balaban J connectivity index is 1.64. The summed E-state index contributed by atoms with van der Waals surface area (Å²) in [5.74, 6) is 0. The van der Waals surface area contributed by atoms with Gasteiger partial charge in [-0.05, 0) is 44.9 Å². The van der Waals surface area contributed by atoms with Gasteiger partial charge in [0.1, 0.15) is 0 Å². The Hall–Kier alpha value is 0.270. The highest BCUT2D eigenvalue weighted by atomic mass is 32.2. The van der Waals surface area contributed by atoms with Crippen molar-refractivity contribution in [1.82, 2.24) is 10.6 Å². The summed E-state index contributed by atoms with van der Waals surface area (Å²) in [7, 11) is 0. The SMILES string of the molecule is CSC1CCCC(NCC2CCCCN2)C1. The number of hydrogen-bond donors (Lipinski definition) is 2. The van der Waals surface area contributed by atoms with Gasteiger partial charge in [-0.15, -0.1) is 0 Å². The second kappa shape index (κ2) is 6.87. The molecule has 2 N–H and O–H groups in total. The first-order valence-corrected chi connectivity index (χ1v) is 8.17. The first-order valence-electron chi connectivity index (χ1n) is 6.88. The maximum absolute atomic E-state index is 3.78. The molecule has 0 aromatic carbocycles. The Morgan fingerprint density at radius 1 is 1.19 bits per heavy atom. The van der Waals surface area contributed by atoms with E-state index in [2.05, 4.69) is 28.7 Å². The number of piperidine rings is 1. The third kappa shape index (κ3) is 3.94. The van der Waals surface area contributed by atoms with Crippen LogP contribution in [0.3, 0.4) is 0 Å². The summed E-state index contributed by atoms with van der Waals surface area (Å²) in [6.07, 6.45) is 12.0. The molecule has 3 atom stereocenters. The second-order valence-corrected chi connectivity index (χ2v) is 6.41. The van der Waals surface area contributed by atoms with Gasteiger partial charge in [-0.2, -0.15) is 11.8 Å². The molecule has 1 heterocycles. The number of thioether (sulfide) groups is 1. The Bertz CT molecular complexity index is 192. The van der Waals surface area contributed by atoms with Crippen molar-refractivity contribution in [2.45, 2.75) is 62.3 Å². The minimum Gasteiger partial charge on any atom is -0.313 e. The molecule has 16 heavy (non-hydrogen) atoms. The van der Waals surface area contributed by atoms with Crippen molar-refractivity contribution < 1.29 is 0 Å². The molecule has 2 nitrogen and oxygen atoms in total. The fraction of sp³-hybridized carbons (Fsp3) is 1.00. The molecule has 1 saturated carbocycles. The van der Waals surface area contributed by atoms with Crippen LogP contribution < -0.4 is 10.6 Å². The van der Waals surface area contributed by atoms with E-state index in [4.69, 9.17) is 0 Å². The zero-order valence-electron chi connectivity index (χ0n) is 10.5. The average Bonchev–Trinajstić information content (AvgIpc) is 2.38. The van der Waals surface area contributed by atoms with E-state index in [1.54, 1.807) is 0 Å². The maximum atomic E-state index is 3.78. The van der Waals surface area contributed by atoms with Crippen molar-refractivity contribution in [3.05, 3.63) is 0 Å². The van der Waals surface area contributed by atoms with Crippen molar-refractivity contribution in [3.8, 4) is 0 Å². The van der Waals surface area contributed by atoms with Crippen LogP contribution in [-0.4, -0.2) is 36.7 Å². The van der Waals surface area contributed by atoms with E-state index in [1.165, 1.54) is 58.0 Å². The Kier molecular flexibility index (Phi) is 5.46. The molecule has 0 aromatic rings. The minimum absolute atomic E-state index is 0.739. The molecule has 1 saturated heterocycles. The monoisotopic (exact) mass is 242 g/mol. The van der Waals surface area contributed by atoms with Crippen molar-refractivity contribution >= 4 is 11.8 Å². The molecule has 0 bridgehead atoms. The van der Waals surface area contributed by atoms with Crippen LogP contribution in [0, 0.1) is 0 Å². The average molecular weight is 242 g/mol. The molecule has 94 valence electrons. The van der Waals surface area contributed by atoms with Crippen LogP contribution in [-0.2, 0) is 0 Å². The second-order valence-electron chi connectivity index (χ2n) is 5.28. The van der Waals surface area contributed by atoms with Gasteiger partial charge in [-0.3, -0.25) is 0 Å². The van der Waals surface area contributed by atoms with Gasteiger partial charge in [0.15, 0.2) is 0 Å². The fourth-order valence-electron chi connectivity index (χ4n) is 2.95. The molecule has 2 fully saturated rings. The quantitative estimate of drug-likeness (QED) is 0.791. The smallest absolute Gasteiger partial charge is 0.0192 e. The summed E-state index contributed by atoms with van der Waals surface area (Å²) in [4.78, 5) is 0. The van der Waals surface area contributed by atoms with E-state index < -0.39 is 0 Å². The van der Waals surface area contributed by atoms with Gasteiger partial charge < -0.3 is 10.6 Å². The van der Waals surface area contributed by atoms with Crippen molar-refractivity contribution in [2.24, 2.45) is 0 Å². The zero-order valence-corrected chi connectivity index (χ0v) is 11.3. The molecule has 1 aliphatic carbocycles. The predicted molar refractivity (Wildman–Crippen MR) is 73.2 cm³/mol. The van der Waals surface area contributed by atoms with Gasteiger partial charge in [0.2, 0.25) is 0 Å². The lowest BCUT2D eigenvalue weighted by Gasteiger charge is -2.31. The third-order valence-corrected chi connectivity index (χ3v) is 5.12. The molecule has 0 aromatic heterocycles. The largest absolute Gasteiger partial charge is 0.313 e. The predicted octanol–water partition coefficient (Wildman–Crippen LogP) is 2.39. The van der Waals surface area contributed by atoms with Crippen LogP contribution in [0.4, 0.5) is 0 Å². The van der Waals surface area contributed by atoms with Crippen molar-refractivity contribution in [3.63, 3.8) is 0 Å². The molecule has 1 aliphatic heterocycles. The van der Waals surface area contributed by atoms with Gasteiger partial charge in [0.05, 0.1) is 0 Å². The zero-order chi connectivity index (χ0) is 11.2. The first kappa shape index (κ1) is 12.7. The minimum atomic E-state index is 0.739. The van der Waals surface area contributed by atoms with E-state index in [0.717, 1.165) is 17.3 Å². The van der Waals surface area contributed by atoms with Crippen LogP contribution in [0.5, 0.6) is 0 Å². The van der Waals surface area contributed by atoms with E-state index in [0.29, 0.717) is 0 Å². The highest BCUT2D eigenvalue weighted by Gasteiger charge is 2.22. The van der Waals surface area contributed by atoms with Crippen LogP contribution in [0.15, 0.2) is 0 Å². The lowest BCUT2D eigenvalue weighted by molar-refractivity contribution is 0.330. The molecule has 2 aliphatic rings. The summed E-state index contributed by atoms with van der Waals surface area (Å²) >= 11 is 2.06. The van der Waals surface area contributed by atoms with Crippen LogP contribution in [0.25, 0.3) is 0 Å². The molecule has 0 spiro atoms. The van der Waals surface area contributed by atoms with Gasteiger partial charge in [0, 0.05) is 23.9 Å². The molecular weight excluding hydrogens is 216 g/mol. The van der Waals surface area contributed by atoms with E-state index >= 15 is 0 Å². The van der Waals surface area contributed by atoms with Crippen LogP contribution >= 0.6 is 11.8 Å². The topological polar surface area (TPSA) is 24.1 Å². The van der Waals surface area contributed by atoms with Crippen LogP contribution in [0.2, 0.25) is 0 Å². The summed E-state index contributed by atoms with van der Waals surface area (Å²) in [6.45, 7) is 2.41. The van der Waals surface area contributed by atoms with Gasteiger partial charge in [-0.1, -0.05) is 12.8 Å². The van der Waals surface area contributed by atoms with Crippen LogP contribution in [0.1, 0.15) is 44.9 Å². The van der Waals surface area contributed by atoms with Gasteiger partial charge in [0.25, 0.3) is 0 Å². The summed E-state index contributed by atoms with van der Waals surface area (Å²) in [5, 5.41) is 8.30. The number of hydrogen-bond acceptors (Lipinski definition) is 3. The molecule has 2 rings (SSSR count). The standard InChI is InChI=1S/C13H26N2S/c1-16-13-7-4-6-11(9-13)15-10-12-5-2-3-8-14-12/h11-15H,2-10H2,1H3. The Morgan fingerprint density at radius 3 is 2.88 bits per heavy atom. The lowest BCUT2D eigenvalue weighted by Crippen LogP contribution is -2.46. The normalized spacial score (nSPS) is 36.2. The Labute approximate surface area is 104 Å². The molecule has 3 unspecified atom stereocenters. The summed E-state index contributed by atoms with van der Waals surface area (Å²) in [5.41, 5.74) is 0. The fourth-order valence-corrected chi connectivity index (χ4v) is 3.78. The molecule has 0 amide bonds. The summed E-state index contributed by atoms with van der Waals surface area (Å²) in [6, 6.07) is 1.53. The highest BCUT2D eigenvalue weighted by Crippen LogP contribution is 2.26. The molecular formula is C13H26N2S. The molecule has 3 heteroatoms. The van der Waals surface area contributed by atoms with E-state index in [1.807, 2.05) is 0 Å². The number of rotatable bonds is 4. The van der Waals surface area contributed by atoms with Crippen molar-refractivity contribution in [2.75, 3.05) is 19.3 Å². The number of nitrogens with one attached hydrogen (secondary N) is 2. The van der Waals surface area contributed by atoms with Gasteiger partial charge in [-0.25, -0.2) is 0 Å². The first-order chi connectivity index (χ1) is 7.88. The van der Waals surface area contributed by atoms with E-state index in [-0.39, 0.29) is 0 Å². The van der Waals surface area contributed by atoms with Gasteiger partial charge >= 0.3 is 0 Å². The lowest BCUT2D eigenvalue weighted by atomic mass is 9.94. The maximum Gasteiger partial charge on any atom is 0.0192 e. The Morgan fingerprint density at radius 2 is 2.12 bits per heavy atom.